The Bertz CT molecular complexity index is 992. The van der Waals surface area contributed by atoms with Crippen molar-refractivity contribution >= 4 is 81.1 Å². The number of nitro groups is 2. The molecule has 0 bridgehead atoms. The zero-order valence-corrected chi connectivity index (χ0v) is 19.4. The number of methoxy groups -OCH3 is 1. The lowest BCUT2D eigenvalue weighted by atomic mass is 10.2. The summed E-state index contributed by atoms with van der Waals surface area (Å²) in [6.07, 6.45) is -1.08. The quantitative estimate of drug-likeness (QED) is 0.110. The van der Waals surface area contributed by atoms with Crippen molar-refractivity contribution in [3.8, 4) is 5.75 Å². The smallest absolute Gasteiger partial charge is 0.284 e. The van der Waals surface area contributed by atoms with Gasteiger partial charge in [0.2, 0.25) is 3.79 Å². The molecular weight excluding hydrogens is 513 g/mol. The van der Waals surface area contributed by atoms with E-state index in [-0.39, 0.29) is 22.2 Å². The van der Waals surface area contributed by atoms with Gasteiger partial charge < -0.3 is 15.4 Å². The number of rotatable bonds is 8. The van der Waals surface area contributed by atoms with Crippen LogP contribution in [0.1, 0.15) is 0 Å². The Morgan fingerprint density at radius 2 is 1.84 bits per heavy atom. The summed E-state index contributed by atoms with van der Waals surface area (Å²) in [5.41, 5.74) is 0.0439. The lowest BCUT2D eigenvalue weighted by Crippen LogP contribution is -2.52. The van der Waals surface area contributed by atoms with Gasteiger partial charge >= 0.3 is 0 Å². The fourth-order valence-corrected chi connectivity index (χ4v) is 3.80. The standard InChI is InChI=1S/C16H14Cl3N5O5S2/c1-29-12-8-9(23(25)26)6-7-10(12)20-15(30)21-14(16(17,18)19)22-31-13-5-3-2-4-11(13)24(27)28/h2-8,14,22H,1H3,(H2,20,21,30). The van der Waals surface area contributed by atoms with Crippen LogP contribution >= 0.6 is 59.0 Å². The predicted octanol–water partition coefficient (Wildman–Crippen LogP) is 4.79. The van der Waals surface area contributed by atoms with Crippen LogP contribution in [-0.2, 0) is 0 Å². The fraction of sp³-hybridized carbons (Fsp3) is 0.188. The highest BCUT2D eigenvalue weighted by Gasteiger charge is 2.34. The molecule has 3 N–H and O–H groups in total. The summed E-state index contributed by atoms with van der Waals surface area (Å²) in [5, 5.41) is 27.6. The third-order valence-corrected chi connectivity index (χ3v) is 5.39. The van der Waals surface area contributed by atoms with Gasteiger partial charge in [0.15, 0.2) is 5.11 Å². The molecule has 0 aliphatic carbocycles. The number of non-ortho nitro benzene ring substituents is 1. The van der Waals surface area contributed by atoms with Crippen LogP contribution in [0.3, 0.4) is 0 Å². The van der Waals surface area contributed by atoms with E-state index in [1.807, 2.05) is 0 Å². The molecule has 1 unspecified atom stereocenters. The van der Waals surface area contributed by atoms with E-state index >= 15 is 0 Å². The minimum Gasteiger partial charge on any atom is -0.494 e. The Morgan fingerprint density at radius 1 is 1.16 bits per heavy atom. The lowest BCUT2D eigenvalue weighted by molar-refractivity contribution is -0.387. The van der Waals surface area contributed by atoms with Crippen molar-refractivity contribution in [3.63, 3.8) is 0 Å². The average Bonchev–Trinajstić information content (AvgIpc) is 2.70. The Hall–Kier alpha value is -2.09. The molecule has 2 aromatic rings. The maximum Gasteiger partial charge on any atom is 0.284 e. The predicted molar refractivity (Wildman–Crippen MR) is 125 cm³/mol. The van der Waals surface area contributed by atoms with E-state index in [1.165, 1.54) is 43.5 Å². The summed E-state index contributed by atoms with van der Waals surface area (Å²) in [5.74, 6) is 0.172. The van der Waals surface area contributed by atoms with E-state index in [0.29, 0.717) is 10.6 Å². The van der Waals surface area contributed by atoms with Gasteiger partial charge in [-0.05, 0) is 36.3 Å². The zero-order chi connectivity index (χ0) is 23.2. The van der Waals surface area contributed by atoms with Crippen molar-refractivity contribution in [2.45, 2.75) is 14.9 Å². The average molecular weight is 527 g/mol. The molecule has 0 aliphatic rings. The molecule has 0 heterocycles. The molecule has 0 fully saturated rings. The molecule has 0 aromatic heterocycles. The van der Waals surface area contributed by atoms with Crippen molar-refractivity contribution in [3.05, 3.63) is 62.7 Å². The number of ether oxygens (including phenoxy) is 1. The van der Waals surface area contributed by atoms with Gasteiger partial charge in [0, 0.05) is 12.1 Å². The first-order chi connectivity index (χ1) is 14.5. The number of halogens is 3. The number of hydrogen-bond donors (Lipinski definition) is 3. The number of nitrogens with one attached hydrogen (secondary N) is 3. The van der Waals surface area contributed by atoms with Crippen LogP contribution in [-0.4, -0.2) is 32.0 Å². The molecule has 166 valence electrons. The number of benzene rings is 2. The summed E-state index contributed by atoms with van der Waals surface area (Å²) in [6, 6.07) is 9.93. The Labute approximate surface area is 201 Å². The zero-order valence-electron chi connectivity index (χ0n) is 15.5. The molecule has 1 atom stereocenters. The maximum absolute atomic E-state index is 11.2. The first-order valence-corrected chi connectivity index (χ1v) is 10.5. The number of para-hydroxylation sites is 1. The highest BCUT2D eigenvalue weighted by Crippen LogP contribution is 2.33. The Balaban J connectivity index is 2.12. The van der Waals surface area contributed by atoms with Crippen molar-refractivity contribution in [1.29, 1.82) is 0 Å². The van der Waals surface area contributed by atoms with E-state index in [1.54, 1.807) is 6.07 Å². The van der Waals surface area contributed by atoms with Crippen molar-refractivity contribution in [2.75, 3.05) is 12.4 Å². The number of nitrogens with zero attached hydrogens (tertiary/aromatic N) is 2. The maximum atomic E-state index is 11.2. The van der Waals surface area contributed by atoms with Crippen molar-refractivity contribution in [1.82, 2.24) is 10.0 Å². The van der Waals surface area contributed by atoms with Gasteiger partial charge in [-0.2, -0.15) is 0 Å². The minimum atomic E-state index is -1.90. The second-order valence-corrected chi connectivity index (χ2v) is 9.32. The summed E-state index contributed by atoms with van der Waals surface area (Å²) in [7, 11) is 1.34. The monoisotopic (exact) mass is 525 g/mol. The molecule has 0 radical (unpaired) electrons. The Kier molecular flexibility index (Phi) is 8.91. The third-order valence-electron chi connectivity index (χ3n) is 3.60. The van der Waals surface area contributed by atoms with Gasteiger partial charge in [0.05, 0.1) is 28.7 Å². The SMILES string of the molecule is COc1cc([N+](=O)[O-])ccc1NC(=S)NC(NSc1ccccc1[N+](=O)[O-])C(Cl)(Cl)Cl. The number of hydrogen-bond acceptors (Lipinski definition) is 8. The van der Waals surface area contributed by atoms with Crippen LogP contribution in [0.25, 0.3) is 0 Å². The van der Waals surface area contributed by atoms with Crippen LogP contribution < -0.4 is 20.1 Å². The molecular formula is C16H14Cl3N5O5S2. The van der Waals surface area contributed by atoms with E-state index in [2.05, 4.69) is 15.4 Å². The Morgan fingerprint density at radius 3 is 2.42 bits per heavy atom. The molecule has 0 spiro atoms. The molecule has 15 heteroatoms. The van der Waals surface area contributed by atoms with Crippen molar-refractivity contribution < 1.29 is 14.6 Å². The first kappa shape index (κ1) is 25.2. The van der Waals surface area contributed by atoms with Crippen LogP contribution in [0.15, 0.2) is 47.4 Å². The van der Waals surface area contributed by atoms with Gasteiger partial charge in [-0.25, -0.2) is 4.72 Å². The molecule has 0 saturated heterocycles. The number of anilines is 1. The van der Waals surface area contributed by atoms with Crippen LogP contribution in [0.5, 0.6) is 5.75 Å². The van der Waals surface area contributed by atoms with Gasteiger partial charge in [0.25, 0.3) is 11.4 Å². The van der Waals surface area contributed by atoms with Gasteiger partial charge in [-0.3, -0.25) is 20.2 Å². The summed E-state index contributed by atoms with van der Waals surface area (Å²) < 4.78 is 6.03. The first-order valence-electron chi connectivity index (χ1n) is 8.15. The molecule has 31 heavy (non-hydrogen) atoms. The number of thiocarbonyl (C=S) groups is 1. The van der Waals surface area contributed by atoms with Crippen LogP contribution in [0.4, 0.5) is 17.1 Å². The summed E-state index contributed by atoms with van der Waals surface area (Å²) in [4.78, 5) is 21.3. The molecule has 2 aromatic carbocycles. The molecule has 0 saturated carbocycles. The van der Waals surface area contributed by atoms with Crippen LogP contribution in [0.2, 0.25) is 0 Å². The van der Waals surface area contributed by atoms with Crippen LogP contribution in [0, 0.1) is 20.2 Å². The molecule has 10 nitrogen and oxygen atoms in total. The minimum absolute atomic E-state index is 0.000797. The van der Waals surface area contributed by atoms with E-state index in [9.17, 15) is 20.2 Å². The summed E-state index contributed by atoms with van der Waals surface area (Å²) in [6.45, 7) is 0. The van der Waals surface area contributed by atoms with Crippen molar-refractivity contribution in [2.24, 2.45) is 0 Å². The highest BCUT2D eigenvalue weighted by atomic mass is 35.6. The second kappa shape index (κ2) is 11.0. The fourth-order valence-electron chi connectivity index (χ4n) is 2.18. The normalized spacial score (nSPS) is 12.0. The second-order valence-electron chi connectivity index (χ2n) is 5.66. The third kappa shape index (κ3) is 7.23. The lowest BCUT2D eigenvalue weighted by Gasteiger charge is -2.27. The van der Waals surface area contributed by atoms with Gasteiger partial charge in [-0.15, -0.1) is 0 Å². The number of alkyl halides is 3. The van der Waals surface area contributed by atoms with Gasteiger partial charge in [-0.1, -0.05) is 46.9 Å². The van der Waals surface area contributed by atoms with E-state index in [4.69, 9.17) is 51.8 Å². The topological polar surface area (TPSA) is 132 Å². The molecule has 2 rings (SSSR count). The highest BCUT2D eigenvalue weighted by molar-refractivity contribution is 7.97. The largest absolute Gasteiger partial charge is 0.494 e. The van der Waals surface area contributed by atoms with Gasteiger partial charge in [0.1, 0.15) is 16.8 Å². The van der Waals surface area contributed by atoms with E-state index in [0.717, 1.165) is 11.9 Å². The molecule has 0 amide bonds. The van der Waals surface area contributed by atoms with E-state index < -0.39 is 19.8 Å². The number of nitro benzene ring substituents is 2. The molecule has 0 aliphatic heterocycles. The summed E-state index contributed by atoms with van der Waals surface area (Å²) >= 11 is 24.1.